The highest BCUT2D eigenvalue weighted by Gasteiger charge is 2.18. The summed E-state index contributed by atoms with van der Waals surface area (Å²) in [5.74, 6) is -0.221. The smallest absolute Gasteiger partial charge is 0.123 e. The molecule has 0 saturated carbocycles. The molecule has 0 spiro atoms. The first-order valence-electron chi connectivity index (χ1n) is 10.2. The summed E-state index contributed by atoms with van der Waals surface area (Å²) in [5, 5.41) is 10.6. The zero-order valence-electron chi connectivity index (χ0n) is 17.2. The van der Waals surface area contributed by atoms with Gasteiger partial charge in [0.1, 0.15) is 5.82 Å². The second kappa shape index (κ2) is 11.4. The van der Waals surface area contributed by atoms with E-state index in [9.17, 15) is 9.50 Å². The Balaban J connectivity index is 1.59. The average Bonchev–Trinajstić information content (AvgIpc) is 3.15. The number of aromatic nitrogens is 1. The maximum Gasteiger partial charge on any atom is 0.123 e. The summed E-state index contributed by atoms with van der Waals surface area (Å²) in [5.41, 5.74) is 2.21. The van der Waals surface area contributed by atoms with Gasteiger partial charge in [0.25, 0.3) is 0 Å². The van der Waals surface area contributed by atoms with Crippen LogP contribution < -0.4 is 0 Å². The molecule has 0 unspecified atom stereocenters. The van der Waals surface area contributed by atoms with Crippen molar-refractivity contribution in [1.29, 1.82) is 0 Å². The van der Waals surface area contributed by atoms with Gasteiger partial charge in [0.2, 0.25) is 0 Å². The SMILES string of the molecule is COCCN(Cc1cccn1Cc1ccc(F)cc1)C[C@@H](O)CN1CCOCC1. The van der Waals surface area contributed by atoms with E-state index in [0.29, 0.717) is 26.2 Å². The molecule has 1 N–H and O–H groups in total. The molecular weight excluding hydrogens is 373 g/mol. The molecule has 7 heteroatoms. The van der Waals surface area contributed by atoms with Gasteiger partial charge in [0, 0.05) is 64.8 Å². The first kappa shape index (κ1) is 21.9. The Morgan fingerprint density at radius 3 is 2.69 bits per heavy atom. The van der Waals surface area contributed by atoms with Gasteiger partial charge in [-0.3, -0.25) is 9.80 Å². The third-order valence-electron chi connectivity index (χ3n) is 5.23. The van der Waals surface area contributed by atoms with E-state index < -0.39 is 6.10 Å². The molecule has 0 amide bonds. The second-order valence-electron chi connectivity index (χ2n) is 7.55. The van der Waals surface area contributed by atoms with Crippen molar-refractivity contribution in [3.63, 3.8) is 0 Å². The lowest BCUT2D eigenvalue weighted by molar-refractivity contribution is 0.00419. The second-order valence-corrected chi connectivity index (χ2v) is 7.55. The molecule has 0 aliphatic carbocycles. The number of halogens is 1. The van der Waals surface area contributed by atoms with Gasteiger partial charge in [-0.2, -0.15) is 0 Å². The van der Waals surface area contributed by atoms with Gasteiger partial charge in [0.05, 0.1) is 25.9 Å². The molecule has 3 rings (SSSR count). The molecule has 1 aliphatic heterocycles. The molecule has 1 aromatic carbocycles. The van der Waals surface area contributed by atoms with Crippen LogP contribution in [0.1, 0.15) is 11.3 Å². The molecule has 1 aromatic heterocycles. The number of benzene rings is 1. The Morgan fingerprint density at radius 2 is 1.97 bits per heavy atom. The minimum atomic E-state index is -0.425. The van der Waals surface area contributed by atoms with Crippen molar-refractivity contribution in [3.8, 4) is 0 Å². The number of hydrogen-bond donors (Lipinski definition) is 1. The minimum Gasteiger partial charge on any atom is -0.390 e. The molecule has 1 saturated heterocycles. The van der Waals surface area contributed by atoms with E-state index in [1.54, 1.807) is 7.11 Å². The number of hydrogen-bond acceptors (Lipinski definition) is 5. The van der Waals surface area contributed by atoms with E-state index in [-0.39, 0.29) is 5.82 Å². The average molecular weight is 406 g/mol. The third kappa shape index (κ3) is 7.21. The van der Waals surface area contributed by atoms with Crippen LogP contribution in [0, 0.1) is 5.82 Å². The number of aliphatic hydroxyl groups is 1. The van der Waals surface area contributed by atoms with E-state index in [1.165, 1.54) is 12.1 Å². The number of aliphatic hydroxyl groups excluding tert-OH is 1. The molecule has 0 bridgehead atoms. The highest BCUT2D eigenvalue weighted by molar-refractivity contribution is 5.18. The first-order chi connectivity index (χ1) is 14.1. The number of methoxy groups -OCH3 is 1. The molecule has 160 valence electrons. The van der Waals surface area contributed by atoms with E-state index in [2.05, 4.69) is 20.4 Å². The molecule has 6 nitrogen and oxygen atoms in total. The molecule has 29 heavy (non-hydrogen) atoms. The van der Waals surface area contributed by atoms with Crippen LogP contribution in [0.3, 0.4) is 0 Å². The van der Waals surface area contributed by atoms with E-state index in [4.69, 9.17) is 9.47 Å². The lowest BCUT2D eigenvalue weighted by atomic mass is 10.2. The van der Waals surface area contributed by atoms with Crippen LogP contribution in [0.2, 0.25) is 0 Å². The summed E-state index contributed by atoms with van der Waals surface area (Å²) in [4.78, 5) is 4.48. The maximum atomic E-state index is 13.2. The van der Waals surface area contributed by atoms with Crippen LogP contribution in [0.4, 0.5) is 4.39 Å². The van der Waals surface area contributed by atoms with Gasteiger partial charge in [-0.1, -0.05) is 12.1 Å². The Kier molecular flexibility index (Phi) is 8.64. The van der Waals surface area contributed by atoms with Gasteiger partial charge in [-0.15, -0.1) is 0 Å². The van der Waals surface area contributed by atoms with Crippen molar-refractivity contribution in [2.24, 2.45) is 0 Å². The molecule has 2 aromatic rings. The van der Waals surface area contributed by atoms with Gasteiger partial charge >= 0.3 is 0 Å². The van der Waals surface area contributed by atoms with Gasteiger partial charge in [-0.05, 0) is 29.8 Å². The van der Waals surface area contributed by atoms with E-state index >= 15 is 0 Å². The molecular formula is C22H32FN3O3. The Labute approximate surface area is 172 Å². The van der Waals surface area contributed by atoms with Crippen molar-refractivity contribution in [1.82, 2.24) is 14.4 Å². The van der Waals surface area contributed by atoms with E-state index in [0.717, 1.165) is 50.7 Å². The van der Waals surface area contributed by atoms with Crippen molar-refractivity contribution in [2.45, 2.75) is 19.2 Å². The lowest BCUT2D eigenvalue weighted by Crippen LogP contribution is -2.45. The quantitative estimate of drug-likeness (QED) is 0.618. The molecule has 1 aliphatic rings. The Bertz CT molecular complexity index is 716. The van der Waals surface area contributed by atoms with Crippen LogP contribution in [-0.2, 0) is 22.6 Å². The summed E-state index contributed by atoms with van der Waals surface area (Å²) >= 11 is 0. The van der Waals surface area contributed by atoms with Crippen molar-refractivity contribution in [3.05, 3.63) is 59.7 Å². The summed E-state index contributed by atoms with van der Waals surface area (Å²) in [7, 11) is 1.69. The van der Waals surface area contributed by atoms with Crippen LogP contribution in [0.15, 0.2) is 42.6 Å². The summed E-state index contributed by atoms with van der Waals surface area (Å²) in [6.45, 7) is 7.22. The molecule has 1 fully saturated rings. The number of morpholine rings is 1. The fourth-order valence-electron chi connectivity index (χ4n) is 3.66. The van der Waals surface area contributed by atoms with Gasteiger partial charge < -0.3 is 19.1 Å². The predicted molar refractivity (Wildman–Crippen MR) is 110 cm³/mol. The van der Waals surface area contributed by atoms with Crippen LogP contribution >= 0.6 is 0 Å². The number of nitrogens with zero attached hydrogens (tertiary/aromatic N) is 3. The number of rotatable bonds is 11. The first-order valence-corrected chi connectivity index (χ1v) is 10.2. The fraction of sp³-hybridized carbons (Fsp3) is 0.545. The van der Waals surface area contributed by atoms with Gasteiger partial charge in [-0.25, -0.2) is 4.39 Å². The van der Waals surface area contributed by atoms with Crippen molar-refractivity contribution < 1.29 is 19.0 Å². The van der Waals surface area contributed by atoms with Crippen LogP contribution in [0.25, 0.3) is 0 Å². The Hall–Kier alpha value is -1.77. The van der Waals surface area contributed by atoms with E-state index in [1.807, 2.05) is 24.4 Å². The fourth-order valence-corrected chi connectivity index (χ4v) is 3.66. The van der Waals surface area contributed by atoms with Crippen LogP contribution in [-0.4, -0.2) is 85.2 Å². The largest absolute Gasteiger partial charge is 0.390 e. The highest BCUT2D eigenvalue weighted by atomic mass is 19.1. The van der Waals surface area contributed by atoms with Crippen LogP contribution in [0.5, 0.6) is 0 Å². The monoisotopic (exact) mass is 405 g/mol. The van der Waals surface area contributed by atoms with Crippen molar-refractivity contribution >= 4 is 0 Å². The third-order valence-corrected chi connectivity index (χ3v) is 5.23. The summed E-state index contributed by atoms with van der Waals surface area (Å²) < 4.78 is 26.0. The standard InChI is InChI=1S/C22H32FN3O3/c1-28-12-9-25(18-22(27)17-24-10-13-29-14-11-24)16-21-3-2-8-26(21)15-19-4-6-20(23)7-5-19/h2-8,22,27H,9-18H2,1H3/t22-/m0/s1. The lowest BCUT2D eigenvalue weighted by Gasteiger charge is -2.31. The number of β-amino-alcohol motifs (C(OH)–C–C–N with tert-alkyl or cyclic N) is 1. The molecule has 1 atom stereocenters. The normalized spacial score (nSPS) is 16.4. The minimum absolute atomic E-state index is 0.221. The highest BCUT2D eigenvalue weighted by Crippen LogP contribution is 2.12. The van der Waals surface area contributed by atoms with Gasteiger partial charge in [0.15, 0.2) is 0 Å². The predicted octanol–water partition coefficient (Wildman–Crippen LogP) is 1.82. The van der Waals surface area contributed by atoms with Crippen molar-refractivity contribution in [2.75, 3.05) is 59.7 Å². The zero-order chi connectivity index (χ0) is 20.5. The zero-order valence-corrected chi connectivity index (χ0v) is 17.2. The topological polar surface area (TPSA) is 50.1 Å². The molecule has 0 radical (unpaired) electrons. The summed E-state index contributed by atoms with van der Waals surface area (Å²) in [6, 6.07) is 10.7. The molecule has 2 heterocycles. The number of ether oxygens (including phenoxy) is 2. The summed E-state index contributed by atoms with van der Waals surface area (Å²) in [6.07, 6.45) is 1.61. The Morgan fingerprint density at radius 1 is 1.21 bits per heavy atom. The maximum absolute atomic E-state index is 13.2.